The first kappa shape index (κ1) is 11.1. The molecule has 3 N–H and O–H groups in total. The monoisotopic (exact) mass is 230 g/mol. The van der Waals surface area contributed by atoms with Gasteiger partial charge in [-0.2, -0.15) is 13.2 Å². The summed E-state index contributed by atoms with van der Waals surface area (Å²) in [5.41, 5.74) is 5.49. The predicted molar refractivity (Wildman–Crippen MR) is 57.2 cm³/mol. The Balaban J connectivity index is 2.25. The van der Waals surface area contributed by atoms with E-state index >= 15 is 0 Å². The highest BCUT2D eigenvalue weighted by molar-refractivity contribution is 5.68. The van der Waals surface area contributed by atoms with E-state index in [4.69, 9.17) is 5.73 Å². The summed E-state index contributed by atoms with van der Waals surface area (Å²) in [4.78, 5) is 0. The predicted octanol–water partition coefficient (Wildman–Crippen LogP) is 3.08. The van der Waals surface area contributed by atoms with Gasteiger partial charge in [-0.05, 0) is 37.5 Å². The van der Waals surface area contributed by atoms with Gasteiger partial charge in [0, 0.05) is 0 Å². The first-order valence-corrected chi connectivity index (χ1v) is 5.05. The summed E-state index contributed by atoms with van der Waals surface area (Å²) in [5.74, 6) is 0. The summed E-state index contributed by atoms with van der Waals surface area (Å²) >= 11 is 0. The summed E-state index contributed by atoms with van der Waals surface area (Å²) in [6.07, 6.45) is -3.99. The highest BCUT2D eigenvalue weighted by Gasteiger charge is 2.63. The van der Waals surface area contributed by atoms with E-state index < -0.39 is 11.7 Å². The number of nitrogens with two attached hydrogens (primary N) is 1. The van der Waals surface area contributed by atoms with E-state index in [-0.39, 0.29) is 12.8 Å². The Morgan fingerprint density at radius 1 is 1.31 bits per heavy atom. The van der Waals surface area contributed by atoms with Gasteiger partial charge in [0.15, 0.2) is 0 Å². The van der Waals surface area contributed by atoms with Gasteiger partial charge in [0.2, 0.25) is 0 Å². The molecule has 1 aliphatic carbocycles. The Morgan fingerprint density at radius 2 is 1.94 bits per heavy atom. The highest BCUT2D eigenvalue weighted by Crippen LogP contribution is 2.51. The van der Waals surface area contributed by atoms with Crippen LogP contribution in [0.25, 0.3) is 0 Å². The van der Waals surface area contributed by atoms with Crippen LogP contribution in [0.3, 0.4) is 0 Å². The van der Waals surface area contributed by atoms with Crippen LogP contribution in [0.15, 0.2) is 18.2 Å². The van der Waals surface area contributed by atoms with Crippen LogP contribution in [0.5, 0.6) is 0 Å². The lowest BCUT2D eigenvalue weighted by atomic mass is 10.1. The second kappa shape index (κ2) is 3.30. The molecule has 2 rings (SSSR count). The number of anilines is 2. The fourth-order valence-corrected chi connectivity index (χ4v) is 1.64. The van der Waals surface area contributed by atoms with Crippen molar-refractivity contribution >= 4 is 11.4 Å². The molecule has 0 saturated heterocycles. The van der Waals surface area contributed by atoms with Crippen molar-refractivity contribution in [1.82, 2.24) is 0 Å². The van der Waals surface area contributed by atoms with Gasteiger partial charge in [0.1, 0.15) is 5.54 Å². The lowest BCUT2D eigenvalue weighted by Crippen LogP contribution is -2.38. The second-order valence-corrected chi connectivity index (χ2v) is 4.30. The van der Waals surface area contributed by atoms with Crippen molar-refractivity contribution in [3.63, 3.8) is 0 Å². The number of nitrogen functional groups attached to an aromatic ring is 1. The first-order valence-electron chi connectivity index (χ1n) is 5.05. The second-order valence-electron chi connectivity index (χ2n) is 4.30. The summed E-state index contributed by atoms with van der Waals surface area (Å²) in [7, 11) is 0. The first-order chi connectivity index (χ1) is 7.34. The number of rotatable bonds is 2. The topological polar surface area (TPSA) is 38.0 Å². The molecule has 1 aromatic carbocycles. The largest absolute Gasteiger partial charge is 0.411 e. The summed E-state index contributed by atoms with van der Waals surface area (Å²) < 4.78 is 38.1. The normalized spacial score (nSPS) is 18.2. The van der Waals surface area contributed by atoms with Crippen molar-refractivity contribution in [2.75, 3.05) is 11.1 Å². The number of hydrogen-bond donors (Lipinski definition) is 2. The average Bonchev–Trinajstić information content (AvgIpc) is 2.91. The molecule has 0 spiro atoms. The molecule has 5 heteroatoms. The zero-order chi connectivity index (χ0) is 12.0. The van der Waals surface area contributed by atoms with Gasteiger partial charge in [0.25, 0.3) is 0 Å². The van der Waals surface area contributed by atoms with Crippen LogP contribution in [-0.4, -0.2) is 11.7 Å². The van der Waals surface area contributed by atoms with E-state index in [1.54, 1.807) is 18.2 Å². The van der Waals surface area contributed by atoms with Gasteiger partial charge in [-0.25, -0.2) is 0 Å². The van der Waals surface area contributed by atoms with Crippen molar-refractivity contribution in [3.05, 3.63) is 23.8 Å². The average molecular weight is 230 g/mol. The number of nitrogens with one attached hydrogen (secondary N) is 1. The molecule has 2 nitrogen and oxygen atoms in total. The minimum absolute atomic E-state index is 0.115. The van der Waals surface area contributed by atoms with Crippen LogP contribution in [0.2, 0.25) is 0 Å². The maximum atomic E-state index is 12.7. The van der Waals surface area contributed by atoms with E-state index in [2.05, 4.69) is 5.32 Å². The molecule has 1 aromatic rings. The maximum absolute atomic E-state index is 12.7. The number of halogens is 3. The van der Waals surface area contributed by atoms with Gasteiger partial charge in [-0.1, -0.05) is 6.07 Å². The number of benzene rings is 1. The van der Waals surface area contributed by atoms with Gasteiger partial charge >= 0.3 is 6.18 Å². The molecule has 88 valence electrons. The smallest absolute Gasteiger partial charge is 0.397 e. The third-order valence-electron chi connectivity index (χ3n) is 2.88. The van der Waals surface area contributed by atoms with Crippen LogP contribution in [-0.2, 0) is 0 Å². The van der Waals surface area contributed by atoms with Gasteiger partial charge in [-0.3, -0.25) is 0 Å². The van der Waals surface area contributed by atoms with Crippen molar-refractivity contribution in [2.45, 2.75) is 31.5 Å². The Bertz CT molecular complexity index is 408. The van der Waals surface area contributed by atoms with Gasteiger partial charge < -0.3 is 11.1 Å². The number of alkyl halides is 3. The summed E-state index contributed by atoms with van der Waals surface area (Å²) in [6.45, 7) is 1.82. The molecule has 0 heterocycles. The number of hydrogen-bond acceptors (Lipinski definition) is 2. The fraction of sp³-hybridized carbons (Fsp3) is 0.455. The molecule has 1 aliphatic rings. The van der Waals surface area contributed by atoms with Crippen LogP contribution in [0.1, 0.15) is 18.4 Å². The lowest BCUT2D eigenvalue weighted by Gasteiger charge is -2.23. The molecule has 16 heavy (non-hydrogen) atoms. The number of aryl methyl sites for hydroxylation is 1. The summed E-state index contributed by atoms with van der Waals surface area (Å²) in [6, 6.07) is 5.03. The summed E-state index contributed by atoms with van der Waals surface area (Å²) in [5, 5.41) is 2.53. The fourth-order valence-electron chi connectivity index (χ4n) is 1.64. The molecule has 0 unspecified atom stereocenters. The van der Waals surface area contributed by atoms with E-state index in [1.807, 2.05) is 6.92 Å². The highest BCUT2D eigenvalue weighted by atomic mass is 19.4. The van der Waals surface area contributed by atoms with Gasteiger partial charge in [-0.15, -0.1) is 0 Å². The molecule has 0 radical (unpaired) electrons. The Kier molecular flexibility index (Phi) is 2.29. The third kappa shape index (κ3) is 1.81. The Morgan fingerprint density at radius 3 is 2.44 bits per heavy atom. The van der Waals surface area contributed by atoms with E-state index in [0.717, 1.165) is 5.56 Å². The van der Waals surface area contributed by atoms with Crippen molar-refractivity contribution in [3.8, 4) is 0 Å². The molecule has 0 aliphatic heterocycles. The van der Waals surface area contributed by atoms with Crippen LogP contribution >= 0.6 is 0 Å². The van der Waals surface area contributed by atoms with Crippen molar-refractivity contribution < 1.29 is 13.2 Å². The van der Waals surface area contributed by atoms with Crippen LogP contribution < -0.4 is 11.1 Å². The van der Waals surface area contributed by atoms with Crippen molar-refractivity contribution in [1.29, 1.82) is 0 Å². The van der Waals surface area contributed by atoms with E-state index in [1.165, 1.54) is 0 Å². The molecule has 0 aromatic heterocycles. The van der Waals surface area contributed by atoms with Crippen LogP contribution in [0, 0.1) is 6.92 Å². The van der Waals surface area contributed by atoms with Gasteiger partial charge in [0.05, 0.1) is 11.4 Å². The minimum Gasteiger partial charge on any atom is -0.397 e. The molecule has 1 fully saturated rings. The van der Waals surface area contributed by atoms with E-state index in [9.17, 15) is 13.2 Å². The zero-order valence-corrected chi connectivity index (χ0v) is 8.86. The third-order valence-corrected chi connectivity index (χ3v) is 2.88. The SMILES string of the molecule is Cc1ccc(N)c(NC2(C(F)(F)F)CC2)c1. The standard InChI is InChI=1S/C11H13F3N2/c1-7-2-3-8(15)9(6-7)16-10(4-5-10)11(12,13)14/h2-3,6,16H,4-5,15H2,1H3. The molecule has 0 atom stereocenters. The molecule has 1 saturated carbocycles. The lowest BCUT2D eigenvalue weighted by molar-refractivity contribution is -0.151. The maximum Gasteiger partial charge on any atom is 0.411 e. The van der Waals surface area contributed by atoms with Crippen molar-refractivity contribution in [2.24, 2.45) is 0 Å². The van der Waals surface area contributed by atoms with Crippen LogP contribution in [0.4, 0.5) is 24.5 Å². The molecule has 0 amide bonds. The Labute approximate surface area is 91.6 Å². The molecule has 0 bridgehead atoms. The Hall–Kier alpha value is -1.39. The zero-order valence-electron chi connectivity index (χ0n) is 8.86. The molecular weight excluding hydrogens is 217 g/mol. The quantitative estimate of drug-likeness (QED) is 0.766. The molecular formula is C11H13F3N2. The minimum atomic E-state index is -4.22. The van der Waals surface area contributed by atoms with E-state index in [0.29, 0.717) is 11.4 Å².